The summed E-state index contributed by atoms with van der Waals surface area (Å²) in [5.41, 5.74) is 0.0997. The fraction of sp³-hybridized carbons (Fsp3) is 0.312. The van der Waals surface area contributed by atoms with Crippen LogP contribution in [0.25, 0.3) is 0 Å². The molecule has 0 bridgehead atoms. The second kappa shape index (κ2) is 6.60. The van der Waals surface area contributed by atoms with Crippen molar-refractivity contribution in [3.8, 4) is 0 Å². The van der Waals surface area contributed by atoms with E-state index in [0.717, 1.165) is 0 Å². The average Bonchev–Trinajstić information content (AvgIpc) is 3.07. The smallest absolute Gasteiger partial charge is 0.338 e. The van der Waals surface area contributed by atoms with Gasteiger partial charge < -0.3 is 10.0 Å². The van der Waals surface area contributed by atoms with Crippen molar-refractivity contribution in [2.24, 2.45) is 0 Å². The largest absolute Gasteiger partial charge is 0.478 e. The second-order valence-corrected chi connectivity index (χ2v) is 6.10. The third-order valence-corrected chi connectivity index (χ3v) is 4.37. The highest BCUT2D eigenvalue weighted by Crippen LogP contribution is 2.24. The van der Waals surface area contributed by atoms with Crippen LogP contribution in [0.3, 0.4) is 0 Å². The Morgan fingerprint density at radius 2 is 2.00 bits per heavy atom. The number of carbonyl (C=O) groups is 2. The SMILES string of the molecule is O=C(O)c1cnn(C2CCN(C(=O)c3cc(Cl)ccc3F)CC2)c1. The van der Waals surface area contributed by atoms with E-state index in [1.807, 2.05) is 0 Å². The van der Waals surface area contributed by atoms with E-state index in [-0.39, 0.29) is 23.1 Å². The summed E-state index contributed by atoms with van der Waals surface area (Å²) < 4.78 is 15.4. The predicted octanol–water partition coefficient (Wildman–Crippen LogP) is 2.85. The van der Waals surface area contributed by atoms with Crippen molar-refractivity contribution in [1.82, 2.24) is 14.7 Å². The molecule has 2 aromatic rings. The molecule has 8 heteroatoms. The van der Waals surface area contributed by atoms with Gasteiger partial charge in [-0.15, -0.1) is 0 Å². The van der Waals surface area contributed by atoms with Crippen LogP contribution in [0, 0.1) is 5.82 Å². The van der Waals surface area contributed by atoms with Gasteiger partial charge in [0.05, 0.1) is 23.4 Å². The molecule has 1 aromatic carbocycles. The first-order valence-corrected chi connectivity index (χ1v) is 7.85. The molecule has 1 fully saturated rings. The van der Waals surface area contributed by atoms with E-state index in [4.69, 9.17) is 16.7 Å². The molecular weight excluding hydrogens is 337 g/mol. The Morgan fingerprint density at radius 3 is 2.62 bits per heavy atom. The van der Waals surface area contributed by atoms with Crippen LogP contribution >= 0.6 is 11.6 Å². The van der Waals surface area contributed by atoms with E-state index in [9.17, 15) is 14.0 Å². The maximum absolute atomic E-state index is 13.8. The number of hydrogen-bond acceptors (Lipinski definition) is 3. The lowest BCUT2D eigenvalue weighted by molar-refractivity contribution is 0.0684. The number of piperidine rings is 1. The van der Waals surface area contributed by atoms with E-state index in [0.29, 0.717) is 31.0 Å². The molecule has 0 aliphatic carbocycles. The number of halogens is 2. The van der Waals surface area contributed by atoms with Crippen LogP contribution in [-0.2, 0) is 0 Å². The monoisotopic (exact) mass is 351 g/mol. The lowest BCUT2D eigenvalue weighted by atomic mass is 10.0. The summed E-state index contributed by atoms with van der Waals surface area (Å²) in [4.78, 5) is 24.9. The molecule has 1 aromatic heterocycles. The fourth-order valence-electron chi connectivity index (χ4n) is 2.81. The predicted molar refractivity (Wildman–Crippen MR) is 84.8 cm³/mol. The zero-order valence-corrected chi connectivity index (χ0v) is 13.4. The zero-order chi connectivity index (χ0) is 17.3. The van der Waals surface area contributed by atoms with Crippen LogP contribution < -0.4 is 0 Å². The first kappa shape index (κ1) is 16.4. The highest BCUT2D eigenvalue weighted by Gasteiger charge is 2.27. The lowest BCUT2D eigenvalue weighted by Crippen LogP contribution is -2.39. The summed E-state index contributed by atoms with van der Waals surface area (Å²) >= 11 is 5.83. The summed E-state index contributed by atoms with van der Waals surface area (Å²) in [6.07, 6.45) is 4.03. The minimum absolute atomic E-state index is 0.0198. The Bertz CT molecular complexity index is 785. The Labute approximate surface area is 142 Å². The van der Waals surface area contributed by atoms with Crippen molar-refractivity contribution < 1.29 is 19.1 Å². The van der Waals surface area contributed by atoms with Crippen molar-refractivity contribution in [2.75, 3.05) is 13.1 Å². The van der Waals surface area contributed by atoms with Crippen LogP contribution in [0.15, 0.2) is 30.6 Å². The quantitative estimate of drug-likeness (QED) is 0.922. The highest BCUT2D eigenvalue weighted by molar-refractivity contribution is 6.31. The molecule has 126 valence electrons. The van der Waals surface area contributed by atoms with Crippen molar-refractivity contribution in [1.29, 1.82) is 0 Å². The van der Waals surface area contributed by atoms with Crippen molar-refractivity contribution in [2.45, 2.75) is 18.9 Å². The van der Waals surface area contributed by atoms with Gasteiger partial charge in [0.1, 0.15) is 5.82 Å². The number of hydrogen-bond donors (Lipinski definition) is 1. The molecule has 1 aliphatic heterocycles. The lowest BCUT2D eigenvalue weighted by Gasteiger charge is -2.32. The number of amides is 1. The molecule has 1 saturated heterocycles. The summed E-state index contributed by atoms with van der Waals surface area (Å²) in [6, 6.07) is 3.93. The summed E-state index contributed by atoms with van der Waals surface area (Å²) in [5, 5.41) is 13.3. The third-order valence-electron chi connectivity index (χ3n) is 4.13. The number of carbonyl (C=O) groups excluding carboxylic acids is 1. The summed E-state index contributed by atoms with van der Waals surface area (Å²) in [6.45, 7) is 0.884. The van der Waals surface area contributed by atoms with Crippen LogP contribution in [-0.4, -0.2) is 44.8 Å². The van der Waals surface area contributed by atoms with Crippen LogP contribution in [0.2, 0.25) is 5.02 Å². The van der Waals surface area contributed by atoms with Crippen molar-refractivity contribution in [3.63, 3.8) is 0 Å². The number of aromatic nitrogens is 2. The Hall–Kier alpha value is -2.41. The van der Waals surface area contributed by atoms with Gasteiger partial charge in [0.2, 0.25) is 0 Å². The minimum atomic E-state index is -1.02. The number of nitrogens with zero attached hydrogens (tertiary/aromatic N) is 3. The van der Waals surface area contributed by atoms with Gasteiger partial charge in [0, 0.05) is 24.3 Å². The molecule has 6 nitrogen and oxygen atoms in total. The fourth-order valence-corrected chi connectivity index (χ4v) is 2.99. The van der Waals surface area contributed by atoms with Gasteiger partial charge in [-0.05, 0) is 31.0 Å². The van der Waals surface area contributed by atoms with E-state index in [2.05, 4.69) is 5.10 Å². The first-order chi connectivity index (χ1) is 11.5. The summed E-state index contributed by atoms with van der Waals surface area (Å²) in [5.74, 6) is -2.00. The summed E-state index contributed by atoms with van der Waals surface area (Å²) in [7, 11) is 0. The van der Waals surface area contributed by atoms with Gasteiger partial charge >= 0.3 is 5.97 Å². The molecule has 0 saturated carbocycles. The molecule has 0 spiro atoms. The molecule has 0 unspecified atom stereocenters. The number of rotatable bonds is 3. The number of likely N-dealkylation sites (tertiary alicyclic amines) is 1. The van der Waals surface area contributed by atoms with Crippen LogP contribution in [0.4, 0.5) is 4.39 Å². The molecule has 2 heterocycles. The van der Waals surface area contributed by atoms with Gasteiger partial charge in [-0.2, -0.15) is 5.10 Å². The standard InChI is InChI=1S/C16H15ClFN3O3/c17-11-1-2-14(18)13(7-11)15(22)20-5-3-12(4-6-20)21-9-10(8-19-21)16(23)24/h1-2,7-9,12H,3-6H2,(H,23,24). The molecule has 1 amide bonds. The number of carboxylic acid groups (broad SMARTS) is 1. The topological polar surface area (TPSA) is 75.4 Å². The van der Waals surface area contributed by atoms with Gasteiger partial charge in [0.15, 0.2) is 0 Å². The Balaban J connectivity index is 1.67. The molecule has 1 aliphatic rings. The highest BCUT2D eigenvalue weighted by atomic mass is 35.5. The van der Waals surface area contributed by atoms with Gasteiger partial charge in [0.25, 0.3) is 5.91 Å². The third kappa shape index (κ3) is 3.26. The Kier molecular flexibility index (Phi) is 4.53. The van der Waals surface area contributed by atoms with Gasteiger partial charge in [-0.1, -0.05) is 11.6 Å². The minimum Gasteiger partial charge on any atom is -0.478 e. The van der Waals surface area contributed by atoms with Crippen LogP contribution in [0.1, 0.15) is 39.6 Å². The van der Waals surface area contributed by atoms with E-state index >= 15 is 0 Å². The number of carboxylic acids is 1. The van der Waals surface area contributed by atoms with Gasteiger partial charge in [-0.3, -0.25) is 9.48 Å². The maximum atomic E-state index is 13.8. The van der Waals surface area contributed by atoms with Crippen molar-refractivity contribution >= 4 is 23.5 Å². The molecular formula is C16H15ClFN3O3. The molecule has 3 rings (SSSR count). The molecule has 1 N–H and O–H groups in total. The van der Waals surface area contributed by atoms with E-state index in [1.165, 1.54) is 30.6 Å². The first-order valence-electron chi connectivity index (χ1n) is 7.47. The second-order valence-electron chi connectivity index (χ2n) is 5.66. The molecule has 0 atom stereocenters. The van der Waals surface area contributed by atoms with Crippen LogP contribution in [0.5, 0.6) is 0 Å². The number of benzene rings is 1. The normalized spacial score (nSPS) is 15.5. The van der Waals surface area contributed by atoms with E-state index in [1.54, 1.807) is 9.58 Å². The Morgan fingerprint density at radius 1 is 1.29 bits per heavy atom. The zero-order valence-electron chi connectivity index (χ0n) is 12.7. The van der Waals surface area contributed by atoms with Crippen molar-refractivity contribution in [3.05, 3.63) is 52.6 Å². The van der Waals surface area contributed by atoms with E-state index < -0.39 is 11.8 Å². The van der Waals surface area contributed by atoms with Gasteiger partial charge in [-0.25, -0.2) is 9.18 Å². The molecule has 0 radical (unpaired) electrons. The number of aromatic carboxylic acids is 1. The average molecular weight is 352 g/mol. The molecule has 24 heavy (non-hydrogen) atoms. The maximum Gasteiger partial charge on any atom is 0.338 e.